The smallest absolute Gasteiger partial charge is 0.410 e. The van der Waals surface area contributed by atoms with Crippen LogP contribution < -0.4 is 0 Å². The van der Waals surface area contributed by atoms with Crippen LogP contribution in [0.4, 0.5) is 4.79 Å². The zero-order valence-corrected chi connectivity index (χ0v) is 14.8. The predicted octanol–water partition coefficient (Wildman–Crippen LogP) is 3.17. The highest BCUT2D eigenvalue weighted by Crippen LogP contribution is 2.30. The first kappa shape index (κ1) is 16.3. The lowest BCUT2D eigenvalue weighted by molar-refractivity contribution is 0.0116. The minimum atomic E-state index is -0.454. The fraction of sp³-hybridized carbons (Fsp3) is 0.786. The van der Waals surface area contributed by atoms with Gasteiger partial charge in [0.2, 0.25) is 0 Å². The number of carbonyl (C=O) groups is 1. The molecule has 2 atom stereocenters. The third kappa shape index (κ3) is 3.75. The van der Waals surface area contributed by atoms with Gasteiger partial charge in [0.05, 0.1) is 11.7 Å². The summed E-state index contributed by atoms with van der Waals surface area (Å²) >= 11 is 3.39. The van der Waals surface area contributed by atoms with E-state index in [1.165, 1.54) is 0 Å². The van der Waals surface area contributed by atoms with Crippen LogP contribution in [-0.2, 0) is 4.74 Å². The Morgan fingerprint density at radius 3 is 2.57 bits per heavy atom. The van der Waals surface area contributed by atoms with Gasteiger partial charge in [-0.15, -0.1) is 5.10 Å². The molecular formula is C14H23BrN4O2. The van der Waals surface area contributed by atoms with E-state index in [9.17, 15) is 4.79 Å². The standard InChI is InChI=1S/C14H23BrN4O2/c1-9-8-18(13(20)21-14(3,4)5)7-6-11(9)19-10(2)12(15)16-17-19/h9,11H,6-8H2,1-5H3. The van der Waals surface area contributed by atoms with Crippen molar-refractivity contribution >= 4 is 22.0 Å². The van der Waals surface area contributed by atoms with E-state index in [-0.39, 0.29) is 12.1 Å². The van der Waals surface area contributed by atoms with Gasteiger partial charge >= 0.3 is 6.09 Å². The Bertz CT molecular complexity index is 524. The van der Waals surface area contributed by atoms with Crippen LogP contribution in [0.2, 0.25) is 0 Å². The van der Waals surface area contributed by atoms with Crippen LogP contribution in [0, 0.1) is 12.8 Å². The largest absolute Gasteiger partial charge is 0.444 e. The summed E-state index contributed by atoms with van der Waals surface area (Å²) in [6.45, 7) is 11.1. The molecule has 118 valence electrons. The first-order chi connectivity index (χ1) is 9.69. The lowest BCUT2D eigenvalue weighted by Crippen LogP contribution is -2.45. The van der Waals surface area contributed by atoms with Crippen LogP contribution in [0.25, 0.3) is 0 Å². The maximum absolute atomic E-state index is 12.1. The molecule has 0 saturated carbocycles. The number of hydrogen-bond donors (Lipinski definition) is 0. The number of aromatic nitrogens is 3. The maximum atomic E-state index is 12.1. The maximum Gasteiger partial charge on any atom is 0.410 e. The van der Waals surface area contributed by atoms with Gasteiger partial charge in [-0.05, 0) is 56.0 Å². The van der Waals surface area contributed by atoms with Gasteiger partial charge in [0.25, 0.3) is 0 Å². The summed E-state index contributed by atoms with van der Waals surface area (Å²) in [5.74, 6) is 0.304. The quantitative estimate of drug-likeness (QED) is 0.773. The molecule has 2 heterocycles. The molecule has 1 saturated heterocycles. The highest BCUT2D eigenvalue weighted by atomic mass is 79.9. The Balaban J connectivity index is 2.02. The fourth-order valence-corrected chi connectivity index (χ4v) is 2.88. The van der Waals surface area contributed by atoms with Crippen LogP contribution in [0.15, 0.2) is 4.60 Å². The van der Waals surface area contributed by atoms with Crippen molar-refractivity contribution in [1.82, 2.24) is 19.9 Å². The highest BCUT2D eigenvalue weighted by Gasteiger charge is 2.33. The van der Waals surface area contributed by atoms with E-state index in [0.29, 0.717) is 19.0 Å². The first-order valence-electron chi connectivity index (χ1n) is 7.24. The monoisotopic (exact) mass is 358 g/mol. The molecule has 0 aromatic carbocycles. The third-order valence-electron chi connectivity index (χ3n) is 3.70. The third-order valence-corrected chi connectivity index (χ3v) is 4.43. The van der Waals surface area contributed by atoms with Gasteiger partial charge in [0.1, 0.15) is 5.60 Å². The second kappa shape index (κ2) is 5.94. The van der Waals surface area contributed by atoms with Crippen molar-refractivity contribution in [3.05, 3.63) is 10.3 Å². The van der Waals surface area contributed by atoms with Crippen molar-refractivity contribution < 1.29 is 9.53 Å². The van der Waals surface area contributed by atoms with Crippen molar-refractivity contribution in [1.29, 1.82) is 0 Å². The number of likely N-dealkylation sites (tertiary alicyclic amines) is 1. The Morgan fingerprint density at radius 1 is 1.43 bits per heavy atom. The van der Waals surface area contributed by atoms with Gasteiger partial charge < -0.3 is 9.64 Å². The van der Waals surface area contributed by atoms with Crippen LogP contribution in [0.1, 0.15) is 45.9 Å². The molecule has 0 N–H and O–H groups in total. The molecule has 2 unspecified atom stereocenters. The predicted molar refractivity (Wildman–Crippen MR) is 83.1 cm³/mol. The molecule has 0 aliphatic carbocycles. The van der Waals surface area contributed by atoms with E-state index in [1.54, 1.807) is 4.90 Å². The minimum Gasteiger partial charge on any atom is -0.444 e. The Kier molecular flexibility index (Phi) is 4.60. The number of ether oxygens (including phenoxy) is 1. The van der Waals surface area contributed by atoms with Gasteiger partial charge in [-0.2, -0.15) is 0 Å². The number of nitrogens with zero attached hydrogens (tertiary/aromatic N) is 4. The zero-order chi connectivity index (χ0) is 15.8. The van der Waals surface area contributed by atoms with E-state index in [1.807, 2.05) is 32.4 Å². The molecule has 1 aromatic heterocycles. The van der Waals surface area contributed by atoms with Crippen molar-refractivity contribution in [2.75, 3.05) is 13.1 Å². The van der Waals surface area contributed by atoms with Gasteiger partial charge in [-0.3, -0.25) is 0 Å². The number of amides is 1. The van der Waals surface area contributed by atoms with Gasteiger partial charge in [-0.25, -0.2) is 9.48 Å². The summed E-state index contributed by atoms with van der Waals surface area (Å²) in [5, 5.41) is 8.26. The second-order valence-corrected chi connectivity index (χ2v) is 7.42. The molecule has 0 radical (unpaired) electrons. The Labute approximate surface area is 134 Å². The van der Waals surface area contributed by atoms with Crippen LogP contribution in [-0.4, -0.2) is 44.7 Å². The molecule has 7 heteroatoms. The van der Waals surface area contributed by atoms with E-state index in [0.717, 1.165) is 16.7 Å². The van der Waals surface area contributed by atoms with E-state index < -0.39 is 5.60 Å². The molecule has 1 amide bonds. The number of piperidine rings is 1. The number of halogens is 1. The number of hydrogen-bond acceptors (Lipinski definition) is 4. The highest BCUT2D eigenvalue weighted by molar-refractivity contribution is 9.10. The van der Waals surface area contributed by atoms with E-state index in [2.05, 4.69) is 33.2 Å². The fourth-order valence-electron chi connectivity index (χ4n) is 2.63. The molecule has 1 aliphatic heterocycles. The molecule has 21 heavy (non-hydrogen) atoms. The number of rotatable bonds is 1. The molecule has 1 fully saturated rings. The topological polar surface area (TPSA) is 60.2 Å². The molecule has 0 bridgehead atoms. The normalized spacial score (nSPS) is 23.2. The van der Waals surface area contributed by atoms with E-state index in [4.69, 9.17) is 4.74 Å². The molecule has 6 nitrogen and oxygen atoms in total. The molecule has 1 aliphatic rings. The summed E-state index contributed by atoms with van der Waals surface area (Å²) < 4.78 is 8.18. The van der Waals surface area contributed by atoms with Crippen LogP contribution in [0.5, 0.6) is 0 Å². The van der Waals surface area contributed by atoms with Gasteiger partial charge in [0, 0.05) is 13.1 Å². The lowest BCUT2D eigenvalue weighted by atomic mass is 9.94. The number of carbonyl (C=O) groups excluding carboxylic acids is 1. The Morgan fingerprint density at radius 2 is 2.10 bits per heavy atom. The SMILES string of the molecule is Cc1c(Br)nnn1C1CCN(C(=O)OC(C)(C)C)CC1C. The second-order valence-electron chi connectivity index (χ2n) is 6.67. The van der Waals surface area contributed by atoms with Crippen molar-refractivity contribution in [3.63, 3.8) is 0 Å². The first-order valence-corrected chi connectivity index (χ1v) is 8.03. The lowest BCUT2D eigenvalue weighted by Gasteiger charge is -2.37. The Hall–Kier alpha value is -1.11. The summed E-state index contributed by atoms with van der Waals surface area (Å²) in [6, 6.07) is 0.266. The molecule has 1 aromatic rings. The van der Waals surface area contributed by atoms with Gasteiger partial charge in [0.15, 0.2) is 4.60 Å². The summed E-state index contributed by atoms with van der Waals surface area (Å²) in [7, 11) is 0. The van der Waals surface area contributed by atoms with Crippen molar-refractivity contribution in [2.24, 2.45) is 5.92 Å². The van der Waals surface area contributed by atoms with Gasteiger partial charge in [-0.1, -0.05) is 12.1 Å². The molecular weight excluding hydrogens is 336 g/mol. The van der Waals surface area contributed by atoms with Crippen molar-refractivity contribution in [3.8, 4) is 0 Å². The average molecular weight is 359 g/mol. The minimum absolute atomic E-state index is 0.232. The zero-order valence-electron chi connectivity index (χ0n) is 13.3. The average Bonchev–Trinajstić information content (AvgIpc) is 2.68. The van der Waals surface area contributed by atoms with E-state index >= 15 is 0 Å². The summed E-state index contributed by atoms with van der Waals surface area (Å²) in [5.41, 5.74) is 0.572. The summed E-state index contributed by atoms with van der Waals surface area (Å²) in [4.78, 5) is 13.9. The summed E-state index contributed by atoms with van der Waals surface area (Å²) in [6.07, 6.45) is 0.626. The van der Waals surface area contributed by atoms with Crippen LogP contribution >= 0.6 is 15.9 Å². The molecule has 2 rings (SSSR count). The molecule has 0 spiro atoms. The van der Waals surface area contributed by atoms with Crippen molar-refractivity contribution in [2.45, 2.75) is 52.7 Å². The van der Waals surface area contributed by atoms with Crippen LogP contribution in [0.3, 0.4) is 0 Å².